The van der Waals surface area contributed by atoms with Crippen molar-refractivity contribution in [3.63, 3.8) is 0 Å². The molecule has 4 nitrogen and oxygen atoms in total. The minimum atomic E-state index is -3.95. The minimum Gasteiger partial charge on any atom is -0.352 e. The van der Waals surface area contributed by atoms with Gasteiger partial charge in [-0.25, -0.2) is 8.42 Å². The molecule has 0 atom stereocenters. The fourth-order valence-electron chi connectivity index (χ4n) is 2.16. The van der Waals surface area contributed by atoms with E-state index >= 15 is 0 Å². The molecule has 2 rings (SSSR count). The monoisotopic (exact) mass is 413 g/mol. The van der Waals surface area contributed by atoms with Gasteiger partial charge in [0.05, 0.1) is 15.5 Å². The van der Waals surface area contributed by atoms with Crippen LogP contribution in [0.3, 0.4) is 0 Å². The van der Waals surface area contributed by atoms with E-state index in [0.717, 1.165) is 6.42 Å². The van der Waals surface area contributed by atoms with Gasteiger partial charge in [0.2, 0.25) is 0 Å². The zero-order chi connectivity index (χ0) is 15.6. The van der Waals surface area contributed by atoms with Crippen LogP contribution in [0.4, 0.5) is 0 Å². The molecule has 0 unspecified atom stereocenters. The second kappa shape index (κ2) is 6.86. The number of amides is 1. The van der Waals surface area contributed by atoms with Crippen LogP contribution in [-0.4, -0.2) is 20.9 Å². The zero-order valence-electron chi connectivity index (χ0n) is 11.0. The number of halogens is 3. The topological polar surface area (TPSA) is 63.2 Å². The maximum atomic E-state index is 12.1. The van der Waals surface area contributed by atoms with Crippen LogP contribution < -0.4 is 5.32 Å². The number of benzene rings is 1. The first kappa shape index (κ1) is 17.1. The fraction of sp³-hybridized carbons (Fsp3) is 0.462. The molecule has 1 saturated carbocycles. The molecule has 116 valence electrons. The van der Waals surface area contributed by atoms with Crippen molar-refractivity contribution in [2.45, 2.75) is 30.6 Å². The SMILES string of the molecule is O=C(NCCC1CCC1)c1cc(S(=O)(=O)Cl)c(Br)cc1Cl. The average molecular weight is 415 g/mol. The molecule has 1 aliphatic carbocycles. The van der Waals surface area contributed by atoms with E-state index in [2.05, 4.69) is 21.2 Å². The third-order valence-electron chi connectivity index (χ3n) is 3.59. The van der Waals surface area contributed by atoms with E-state index in [0.29, 0.717) is 12.5 Å². The van der Waals surface area contributed by atoms with E-state index in [9.17, 15) is 13.2 Å². The summed E-state index contributed by atoms with van der Waals surface area (Å²) in [7, 11) is 1.38. The van der Waals surface area contributed by atoms with Crippen LogP contribution in [0.5, 0.6) is 0 Å². The summed E-state index contributed by atoms with van der Waals surface area (Å²) in [6.07, 6.45) is 4.61. The lowest BCUT2D eigenvalue weighted by Gasteiger charge is -2.25. The fourth-order valence-corrected chi connectivity index (χ4v) is 4.73. The normalized spacial score (nSPS) is 15.6. The van der Waals surface area contributed by atoms with Crippen LogP contribution >= 0.6 is 38.2 Å². The van der Waals surface area contributed by atoms with Gasteiger partial charge in [-0.2, -0.15) is 0 Å². The maximum Gasteiger partial charge on any atom is 0.262 e. The Bertz CT molecular complexity index is 660. The predicted molar refractivity (Wildman–Crippen MR) is 86.5 cm³/mol. The lowest BCUT2D eigenvalue weighted by Crippen LogP contribution is -2.27. The van der Waals surface area contributed by atoms with Crippen molar-refractivity contribution in [1.82, 2.24) is 5.32 Å². The molecule has 0 aliphatic heterocycles. The molecule has 0 saturated heterocycles. The minimum absolute atomic E-state index is 0.104. The molecule has 0 aromatic heterocycles. The summed E-state index contributed by atoms with van der Waals surface area (Å²) in [4.78, 5) is 11.9. The highest BCUT2D eigenvalue weighted by atomic mass is 79.9. The number of carbonyl (C=O) groups excluding carboxylic acids is 1. The quantitative estimate of drug-likeness (QED) is 0.741. The Balaban J connectivity index is 2.12. The highest BCUT2D eigenvalue weighted by Crippen LogP contribution is 2.31. The Kier molecular flexibility index (Phi) is 5.57. The summed E-state index contributed by atoms with van der Waals surface area (Å²) in [5.41, 5.74) is 0.104. The van der Waals surface area contributed by atoms with Crippen LogP contribution in [0.2, 0.25) is 5.02 Å². The van der Waals surface area contributed by atoms with Crippen molar-refractivity contribution in [2.24, 2.45) is 5.92 Å². The van der Waals surface area contributed by atoms with E-state index in [4.69, 9.17) is 22.3 Å². The van der Waals surface area contributed by atoms with Crippen LogP contribution in [-0.2, 0) is 9.05 Å². The van der Waals surface area contributed by atoms with Crippen molar-refractivity contribution in [3.8, 4) is 0 Å². The van der Waals surface area contributed by atoms with Crippen LogP contribution in [0.25, 0.3) is 0 Å². The lowest BCUT2D eigenvalue weighted by atomic mass is 9.83. The molecule has 1 amide bonds. The molecule has 1 aromatic rings. The van der Waals surface area contributed by atoms with Crippen molar-refractivity contribution in [2.75, 3.05) is 6.54 Å². The number of rotatable bonds is 5. The van der Waals surface area contributed by atoms with E-state index in [1.807, 2.05) is 0 Å². The highest BCUT2D eigenvalue weighted by molar-refractivity contribution is 9.10. The average Bonchev–Trinajstić information content (AvgIpc) is 2.30. The largest absolute Gasteiger partial charge is 0.352 e. The molecule has 8 heteroatoms. The number of hydrogen-bond acceptors (Lipinski definition) is 3. The van der Waals surface area contributed by atoms with Gasteiger partial charge in [0.1, 0.15) is 0 Å². The molecule has 0 heterocycles. The van der Waals surface area contributed by atoms with Gasteiger partial charge in [-0.05, 0) is 40.4 Å². The van der Waals surface area contributed by atoms with Crippen LogP contribution in [0.1, 0.15) is 36.0 Å². The molecule has 1 aliphatic rings. The molecule has 21 heavy (non-hydrogen) atoms. The van der Waals surface area contributed by atoms with Crippen LogP contribution in [0.15, 0.2) is 21.5 Å². The molecule has 1 aromatic carbocycles. The van der Waals surface area contributed by atoms with Gasteiger partial charge in [-0.1, -0.05) is 30.9 Å². The Morgan fingerprint density at radius 3 is 2.57 bits per heavy atom. The Morgan fingerprint density at radius 2 is 2.05 bits per heavy atom. The maximum absolute atomic E-state index is 12.1. The van der Waals surface area contributed by atoms with Crippen molar-refractivity contribution in [3.05, 3.63) is 27.2 Å². The van der Waals surface area contributed by atoms with Crippen LogP contribution in [0, 0.1) is 5.92 Å². The molecule has 1 N–H and O–H groups in total. The zero-order valence-corrected chi connectivity index (χ0v) is 14.9. The smallest absolute Gasteiger partial charge is 0.262 e. The lowest BCUT2D eigenvalue weighted by molar-refractivity contribution is 0.0949. The second-order valence-electron chi connectivity index (χ2n) is 5.04. The Hall–Kier alpha value is -0.300. The van der Waals surface area contributed by atoms with E-state index in [1.54, 1.807) is 0 Å². The van der Waals surface area contributed by atoms with Gasteiger partial charge >= 0.3 is 0 Å². The summed E-state index contributed by atoms with van der Waals surface area (Å²) in [6, 6.07) is 2.55. The summed E-state index contributed by atoms with van der Waals surface area (Å²) >= 11 is 9.07. The first-order chi connectivity index (χ1) is 9.79. The van der Waals surface area contributed by atoms with Gasteiger partial charge in [0.25, 0.3) is 15.0 Å². The van der Waals surface area contributed by atoms with Crippen molar-refractivity contribution in [1.29, 1.82) is 0 Å². The van der Waals surface area contributed by atoms with Gasteiger partial charge in [0, 0.05) is 21.7 Å². The highest BCUT2D eigenvalue weighted by Gasteiger charge is 2.21. The van der Waals surface area contributed by atoms with Gasteiger partial charge in [-0.3, -0.25) is 4.79 Å². The first-order valence-corrected chi connectivity index (χ1v) is 9.99. The number of nitrogens with one attached hydrogen (secondary N) is 1. The second-order valence-corrected chi connectivity index (χ2v) is 8.84. The van der Waals surface area contributed by atoms with E-state index in [1.165, 1.54) is 31.4 Å². The third-order valence-corrected chi connectivity index (χ3v) is 6.18. The molecule has 0 spiro atoms. The summed E-state index contributed by atoms with van der Waals surface area (Å²) < 4.78 is 23.1. The third kappa shape index (κ3) is 4.34. The van der Waals surface area contributed by atoms with Crippen molar-refractivity contribution < 1.29 is 13.2 Å². The van der Waals surface area contributed by atoms with Gasteiger partial charge in [0.15, 0.2) is 0 Å². The molecule has 0 radical (unpaired) electrons. The van der Waals surface area contributed by atoms with E-state index < -0.39 is 15.0 Å². The molecular weight excluding hydrogens is 401 g/mol. The summed E-state index contributed by atoms with van der Waals surface area (Å²) in [5, 5.41) is 2.93. The summed E-state index contributed by atoms with van der Waals surface area (Å²) in [5.74, 6) is 0.290. The predicted octanol–water partition coefficient (Wildman–Crippen LogP) is 3.95. The standard InChI is InChI=1S/C13H14BrCl2NO3S/c14-10-7-11(15)9(6-12(10)21(16,19)20)13(18)17-5-4-8-2-1-3-8/h6-8H,1-5H2,(H,17,18). The Labute approximate surface area is 141 Å². The number of hydrogen-bond donors (Lipinski definition) is 1. The molecular formula is C13H14BrCl2NO3S. The molecule has 1 fully saturated rings. The van der Waals surface area contributed by atoms with Crippen molar-refractivity contribution >= 4 is 53.2 Å². The van der Waals surface area contributed by atoms with Gasteiger partial charge < -0.3 is 5.32 Å². The summed E-state index contributed by atoms with van der Waals surface area (Å²) in [6.45, 7) is 0.554. The Morgan fingerprint density at radius 1 is 1.38 bits per heavy atom. The molecule has 0 bridgehead atoms. The number of carbonyl (C=O) groups is 1. The van der Waals surface area contributed by atoms with E-state index in [-0.39, 0.29) is 20.0 Å². The van der Waals surface area contributed by atoms with Gasteiger partial charge in [-0.15, -0.1) is 0 Å². The first-order valence-electron chi connectivity index (χ1n) is 6.51.